The number of carbonyl (C=O) groups is 1. The Balaban J connectivity index is 2.52. The first-order valence-electron chi connectivity index (χ1n) is 5.17. The topological polar surface area (TPSA) is 55.8 Å². The number of rotatable bonds is 3. The first kappa shape index (κ1) is 12.2. The molecule has 0 bridgehead atoms. The minimum absolute atomic E-state index is 0.186. The summed E-state index contributed by atoms with van der Waals surface area (Å²) in [6, 6.07) is 3.41. The van der Waals surface area contributed by atoms with Gasteiger partial charge in [0.25, 0.3) is 0 Å². The molecular formula is C12H13ClO4. The van der Waals surface area contributed by atoms with Crippen molar-refractivity contribution in [2.45, 2.75) is 12.3 Å². The molecule has 1 heterocycles. The largest absolute Gasteiger partial charge is 0.495 e. The lowest BCUT2D eigenvalue weighted by atomic mass is 9.76. The van der Waals surface area contributed by atoms with Crippen molar-refractivity contribution >= 4 is 17.6 Å². The van der Waals surface area contributed by atoms with Gasteiger partial charge in [0.15, 0.2) is 0 Å². The molecule has 1 aliphatic heterocycles. The third-order valence-electron chi connectivity index (χ3n) is 3.12. The zero-order valence-electron chi connectivity index (χ0n) is 9.62. The number of aryl methyl sites for hydroxylation is 1. The molecule has 1 aromatic rings. The van der Waals surface area contributed by atoms with Crippen molar-refractivity contribution in [3.63, 3.8) is 0 Å². The Kier molecular flexibility index (Phi) is 3.02. The first-order valence-corrected chi connectivity index (χ1v) is 5.55. The fourth-order valence-electron chi connectivity index (χ4n) is 2.03. The molecule has 0 saturated carbocycles. The number of carboxylic acids is 1. The highest BCUT2D eigenvalue weighted by Gasteiger charge is 2.48. The van der Waals surface area contributed by atoms with E-state index in [2.05, 4.69) is 0 Å². The summed E-state index contributed by atoms with van der Waals surface area (Å²) < 4.78 is 10.1. The van der Waals surface area contributed by atoms with Gasteiger partial charge in [-0.15, -0.1) is 0 Å². The average Bonchev–Trinajstić information content (AvgIpc) is 2.20. The molecule has 1 saturated heterocycles. The molecule has 0 amide bonds. The van der Waals surface area contributed by atoms with Gasteiger partial charge < -0.3 is 14.6 Å². The van der Waals surface area contributed by atoms with Crippen molar-refractivity contribution in [3.05, 3.63) is 28.3 Å². The van der Waals surface area contributed by atoms with Gasteiger partial charge in [-0.1, -0.05) is 11.6 Å². The lowest BCUT2D eigenvalue weighted by Crippen LogP contribution is -2.53. The van der Waals surface area contributed by atoms with Crippen LogP contribution in [-0.4, -0.2) is 31.4 Å². The molecule has 1 fully saturated rings. The van der Waals surface area contributed by atoms with Crippen LogP contribution in [0.2, 0.25) is 5.02 Å². The lowest BCUT2D eigenvalue weighted by molar-refractivity contribution is -0.163. The maximum absolute atomic E-state index is 11.4. The van der Waals surface area contributed by atoms with Crippen molar-refractivity contribution in [3.8, 4) is 5.75 Å². The highest BCUT2D eigenvalue weighted by molar-refractivity contribution is 6.32. The first-order chi connectivity index (χ1) is 8.01. The smallest absolute Gasteiger partial charge is 0.318 e. The average molecular weight is 257 g/mol. The molecule has 17 heavy (non-hydrogen) atoms. The maximum atomic E-state index is 11.4. The molecule has 0 aromatic heterocycles. The van der Waals surface area contributed by atoms with E-state index in [1.54, 1.807) is 12.1 Å². The van der Waals surface area contributed by atoms with Gasteiger partial charge in [-0.25, -0.2) is 0 Å². The molecule has 0 unspecified atom stereocenters. The predicted octanol–water partition coefficient (Wildman–Crippen LogP) is 2.01. The Morgan fingerprint density at radius 2 is 2.18 bits per heavy atom. The number of hydrogen-bond acceptors (Lipinski definition) is 3. The van der Waals surface area contributed by atoms with Crippen molar-refractivity contribution in [2.24, 2.45) is 0 Å². The van der Waals surface area contributed by atoms with Crippen molar-refractivity contribution in [1.82, 2.24) is 0 Å². The van der Waals surface area contributed by atoms with E-state index in [9.17, 15) is 9.90 Å². The fourth-order valence-corrected chi connectivity index (χ4v) is 2.27. The summed E-state index contributed by atoms with van der Waals surface area (Å²) in [6.07, 6.45) is 0. The number of carboxylic acid groups (broad SMARTS) is 1. The van der Waals surface area contributed by atoms with E-state index in [0.717, 1.165) is 5.56 Å². The van der Waals surface area contributed by atoms with E-state index in [0.29, 0.717) is 16.3 Å². The van der Waals surface area contributed by atoms with E-state index in [4.69, 9.17) is 21.1 Å². The third kappa shape index (κ3) is 1.77. The quantitative estimate of drug-likeness (QED) is 0.899. The van der Waals surface area contributed by atoms with Crippen molar-refractivity contribution < 1.29 is 19.4 Å². The van der Waals surface area contributed by atoms with Crippen LogP contribution in [0.4, 0.5) is 0 Å². The van der Waals surface area contributed by atoms with Crippen LogP contribution >= 0.6 is 11.6 Å². The van der Waals surface area contributed by atoms with Gasteiger partial charge in [0.1, 0.15) is 11.2 Å². The van der Waals surface area contributed by atoms with Gasteiger partial charge >= 0.3 is 5.97 Å². The number of halogens is 1. The summed E-state index contributed by atoms with van der Waals surface area (Å²) in [5.74, 6) is -0.332. The molecule has 1 aromatic carbocycles. The standard InChI is InChI=1S/C12H13ClO4/c1-7-3-10(16-2)9(13)4-8(7)12(11(14)15)5-17-6-12/h3-4H,5-6H2,1-2H3,(H,14,15). The van der Waals surface area contributed by atoms with E-state index < -0.39 is 11.4 Å². The monoisotopic (exact) mass is 256 g/mol. The molecular weight excluding hydrogens is 244 g/mol. The molecule has 5 heteroatoms. The molecule has 0 aliphatic carbocycles. The maximum Gasteiger partial charge on any atom is 0.318 e. The zero-order valence-corrected chi connectivity index (χ0v) is 10.4. The number of ether oxygens (including phenoxy) is 2. The van der Waals surface area contributed by atoms with Gasteiger partial charge in [-0.05, 0) is 30.2 Å². The molecule has 1 aliphatic rings. The highest BCUT2D eigenvalue weighted by Crippen LogP contribution is 2.39. The Morgan fingerprint density at radius 1 is 1.53 bits per heavy atom. The lowest BCUT2D eigenvalue weighted by Gasteiger charge is -2.38. The Labute approximate surface area is 104 Å². The van der Waals surface area contributed by atoms with E-state index in [1.807, 2.05) is 6.92 Å². The van der Waals surface area contributed by atoms with Crippen LogP contribution in [-0.2, 0) is 14.9 Å². The SMILES string of the molecule is COc1cc(C)c(C2(C(=O)O)COC2)cc1Cl. The van der Waals surface area contributed by atoms with Gasteiger partial charge in [0.05, 0.1) is 25.3 Å². The Hall–Kier alpha value is -1.26. The van der Waals surface area contributed by atoms with Crippen LogP contribution in [0.25, 0.3) is 0 Å². The number of aliphatic carboxylic acids is 1. The minimum atomic E-state index is -0.958. The van der Waals surface area contributed by atoms with Crippen molar-refractivity contribution in [2.75, 3.05) is 20.3 Å². The van der Waals surface area contributed by atoms with Gasteiger partial charge in [0.2, 0.25) is 0 Å². The van der Waals surface area contributed by atoms with Crippen LogP contribution in [0.5, 0.6) is 5.75 Å². The fraction of sp³-hybridized carbons (Fsp3) is 0.417. The highest BCUT2D eigenvalue weighted by atomic mass is 35.5. The normalized spacial score (nSPS) is 17.4. The number of methoxy groups -OCH3 is 1. The molecule has 4 nitrogen and oxygen atoms in total. The van der Waals surface area contributed by atoms with Crippen LogP contribution in [0.3, 0.4) is 0 Å². The summed E-state index contributed by atoms with van der Waals surface area (Å²) >= 11 is 6.03. The Bertz CT molecular complexity index is 466. The molecule has 1 N–H and O–H groups in total. The number of benzene rings is 1. The summed E-state index contributed by atoms with van der Waals surface area (Å²) in [5, 5.41) is 9.74. The summed E-state index contributed by atoms with van der Waals surface area (Å²) in [6.45, 7) is 2.22. The van der Waals surface area contributed by atoms with Gasteiger partial charge in [-0.3, -0.25) is 4.79 Å². The van der Waals surface area contributed by atoms with Crippen LogP contribution in [0, 0.1) is 6.92 Å². The summed E-state index contributed by atoms with van der Waals surface area (Å²) in [4.78, 5) is 11.4. The molecule has 0 spiro atoms. The summed E-state index contributed by atoms with van der Waals surface area (Å²) in [5.41, 5.74) is 0.582. The van der Waals surface area contributed by atoms with E-state index in [-0.39, 0.29) is 13.2 Å². The third-order valence-corrected chi connectivity index (χ3v) is 3.42. The molecule has 0 atom stereocenters. The van der Waals surface area contributed by atoms with E-state index >= 15 is 0 Å². The number of hydrogen-bond donors (Lipinski definition) is 1. The predicted molar refractivity (Wildman–Crippen MR) is 62.9 cm³/mol. The second-order valence-corrected chi connectivity index (χ2v) is 4.59. The molecule has 0 radical (unpaired) electrons. The Morgan fingerprint density at radius 3 is 2.59 bits per heavy atom. The van der Waals surface area contributed by atoms with Gasteiger partial charge in [-0.2, -0.15) is 0 Å². The van der Waals surface area contributed by atoms with Crippen LogP contribution < -0.4 is 4.74 Å². The molecule has 2 rings (SSSR count). The van der Waals surface area contributed by atoms with Crippen LogP contribution in [0.15, 0.2) is 12.1 Å². The van der Waals surface area contributed by atoms with Crippen molar-refractivity contribution in [1.29, 1.82) is 0 Å². The summed E-state index contributed by atoms with van der Waals surface area (Å²) in [7, 11) is 1.53. The second kappa shape index (κ2) is 4.20. The minimum Gasteiger partial charge on any atom is -0.495 e. The molecule has 92 valence electrons. The zero-order chi connectivity index (χ0) is 12.6. The van der Waals surface area contributed by atoms with E-state index in [1.165, 1.54) is 7.11 Å². The van der Waals surface area contributed by atoms with Gasteiger partial charge in [0, 0.05) is 0 Å². The second-order valence-electron chi connectivity index (χ2n) is 4.18. The van der Waals surface area contributed by atoms with Crippen LogP contribution in [0.1, 0.15) is 11.1 Å².